The van der Waals surface area contributed by atoms with E-state index in [4.69, 9.17) is 0 Å². The van der Waals surface area contributed by atoms with Gasteiger partial charge >= 0.3 is 0 Å². The van der Waals surface area contributed by atoms with Crippen LogP contribution < -0.4 is 0 Å². The van der Waals surface area contributed by atoms with Crippen LogP contribution in [-0.2, 0) is 4.79 Å². The fraction of sp³-hybridized carbons (Fsp3) is 0.200. The SMILES string of the molecule is C[C@H](C(=O)S)C(=O)c1ccccc1. The molecule has 13 heavy (non-hydrogen) atoms. The maximum atomic E-state index is 11.5. The Labute approximate surface area is 82.4 Å². The van der Waals surface area contributed by atoms with Gasteiger partial charge in [0.15, 0.2) is 10.9 Å². The van der Waals surface area contributed by atoms with Crippen molar-refractivity contribution in [3.8, 4) is 0 Å². The standard InChI is InChI=1S/C10H10O2S/c1-7(10(12)13)9(11)8-5-3-2-4-6-8/h2-7H,1H3,(H,12,13)/t7-/m0/s1. The number of ketones is 1. The van der Waals surface area contributed by atoms with Crippen molar-refractivity contribution in [2.24, 2.45) is 5.92 Å². The molecule has 2 nitrogen and oxygen atoms in total. The van der Waals surface area contributed by atoms with Gasteiger partial charge in [-0.2, -0.15) is 0 Å². The van der Waals surface area contributed by atoms with Gasteiger partial charge in [-0.3, -0.25) is 9.59 Å². The van der Waals surface area contributed by atoms with E-state index in [9.17, 15) is 9.59 Å². The molecular formula is C10H10O2S. The summed E-state index contributed by atoms with van der Waals surface area (Å²) in [6.07, 6.45) is 0. The van der Waals surface area contributed by atoms with Gasteiger partial charge in [0.1, 0.15) is 0 Å². The van der Waals surface area contributed by atoms with Gasteiger partial charge in [0.2, 0.25) is 0 Å². The van der Waals surface area contributed by atoms with Crippen molar-refractivity contribution in [2.75, 3.05) is 0 Å². The van der Waals surface area contributed by atoms with Crippen molar-refractivity contribution >= 4 is 23.5 Å². The first-order chi connectivity index (χ1) is 6.13. The van der Waals surface area contributed by atoms with Gasteiger partial charge < -0.3 is 0 Å². The molecular weight excluding hydrogens is 184 g/mol. The summed E-state index contributed by atoms with van der Waals surface area (Å²) in [6, 6.07) is 8.74. The van der Waals surface area contributed by atoms with Crippen LogP contribution in [0.25, 0.3) is 0 Å². The van der Waals surface area contributed by atoms with Crippen LogP contribution in [0.2, 0.25) is 0 Å². The Morgan fingerprint density at radius 1 is 1.23 bits per heavy atom. The number of carbonyl (C=O) groups excluding carboxylic acids is 2. The molecule has 0 aromatic heterocycles. The molecule has 0 unspecified atom stereocenters. The van der Waals surface area contributed by atoms with Crippen molar-refractivity contribution in [3.05, 3.63) is 35.9 Å². The van der Waals surface area contributed by atoms with Crippen molar-refractivity contribution in [1.29, 1.82) is 0 Å². The highest BCUT2D eigenvalue weighted by Gasteiger charge is 2.19. The minimum absolute atomic E-state index is 0.180. The zero-order chi connectivity index (χ0) is 9.84. The molecule has 1 atom stereocenters. The predicted molar refractivity (Wildman–Crippen MR) is 53.9 cm³/mol. The third-order valence-electron chi connectivity index (χ3n) is 1.82. The number of rotatable bonds is 3. The summed E-state index contributed by atoms with van der Waals surface area (Å²) in [5, 5.41) is -0.395. The van der Waals surface area contributed by atoms with E-state index in [0.29, 0.717) is 5.56 Å². The number of thiol groups is 1. The van der Waals surface area contributed by atoms with Gasteiger partial charge in [-0.25, -0.2) is 0 Å². The Bertz CT molecular complexity index is 319. The van der Waals surface area contributed by atoms with Gasteiger partial charge in [-0.05, 0) is 6.92 Å². The first kappa shape index (κ1) is 9.99. The summed E-state index contributed by atoms with van der Waals surface area (Å²) < 4.78 is 0. The van der Waals surface area contributed by atoms with E-state index < -0.39 is 11.0 Å². The molecule has 0 amide bonds. The molecule has 0 fully saturated rings. The van der Waals surface area contributed by atoms with E-state index in [1.54, 1.807) is 31.2 Å². The van der Waals surface area contributed by atoms with Crippen molar-refractivity contribution in [3.63, 3.8) is 0 Å². The van der Waals surface area contributed by atoms with Crippen molar-refractivity contribution < 1.29 is 9.59 Å². The summed E-state index contributed by atoms with van der Waals surface area (Å²) in [6.45, 7) is 1.56. The van der Waals surface area contributed by atoms with Crippen LogP contribution in [-0.4, -0.2) is 10.9 Å². The van der Waals surface area contributed by atoms with Crippen LogP contribution in [0.3, 0.4) is 0 Å². The van der Waals surface area contributed by atoms with Gasteiger partial charge in [0.25, 0.3) is 0 Å². The quantitative estimate of drug-likeness (QED) is 0.453. The van der Waals surface area contributed by atoms with Crippen LogP contribution in [0.5, 0.6) is 0 Å². The second kappa shape index (κ2) is 4.23. The molecule has 0 spiro atoms. The highest BCUT2D eigenvalue weighted by molar-refractivity contribution is 7.96. The van der Waals surface area contributed by atoms with Gasteiger partial charge in [0.05, 0.1) is 5.92 Å². The number of benzene rings is 1. The lowest BCUT2D eigenvalue weighted by Gasteiger charge is -2.04. The molecule has 0 saturated heterocycles. The molecule has 0 aliphatic carbocycles. The number of hydrogen-bond acceptors (Lipinski definition) is 2. The van der Waals surface area contributed by atoms with Crippen LogP contribution in [0.15, 0.2) is 30.3 Å². The first-order valence-electron chi connectivity index (χ1n) is 3.95. The summed E-state index contributed by atoms with van der Waals surface area (Å²) in [7, 11) is 0. The largest absolute Gasteiger partial charge is 0.293 e. The molecule has 0 radical (unpaired) electrons. The predicted octanol–water partition coefficient (Wildman–Crippen LogP) is 1.96. The molecule has 0 saturated carbocycles. The van der Waals surface area contributed by atoms with Crippen LogP contribution in [0.1, 0.15) is 17.3 Å². The number of Topliss-reactive ketones (excluding diaryl/α,β-unsaturated/α-hetero) is 1. The molecule has 0 heterocycles. The zero-order valence-corrected chi connectivity index (χ0v) is 8.12. The third kappa shape index (κ3) is 2.42. The highest BCUT2D eigenvalue weighted by Crippen LogP contribution is 2.10. The molecule has 1 aromatic carbocycles. The number of hydrogen-bond donors (Lipinski definition) is 1. The molecule has 0 N–H and O–H groups in total. The lowest BCUT2D eigenvalue weighted by atomic mass is 10.0. The Morgan fingerprint density at radius 2 is 1.77 bits per heavy atom. The van der Waals surface area contributed by atoms with Gasteiger partial charge in [0, 0.05) is 5.56 Å². The van der Waals surface area contributed by atoms with E-state index in [1.807, 2.05) is 6.07 Å². The second-order valence-electron chi connectivity index (χ2n) is 2.79. The van der Waals surface area contributed by atoms with E-state index in [0.717, 1.165) is 0 Å². The molecule has 68 valence electrons. The number of carbonyl (C=O) groups is 2. The molecule has 3 heteroatoms. The fourth-order valence-electron chi connectivity index (χ4n) is 0.965. The van der Waals surface area contributed by atoms with Gasteiger partial charge in [-0.15, -0.1) is 12.6 Å². The maximum absolute atomic E-state index is 11.5. The van der Waals surface area contributed by atoms with Crippen LogP contribution in [0, 0.1) is 5.92 Å². The Hall–Kier alpha value is -1.09. The lowest BCUT2D eigenvalue weighted by Crippen LogP contribution is -2.16. The topological polar surface area (TPSA) is 34.1 Å². The van der Waals surface area contributed by atoms with E-state index in [2.05, 4.69) is 12.6 Å². The summed E-state index contributed by atoms with van der Waals surface area (Å²) in [4.78, 5) is 22.3. The molecule has 0 aliphatic rings. The van der Waals surface area contributed by atoms with Gasteiger partial charge in [-0.1, -0.05) is 30.3 Å². The average molecular weight is 194 g/mol. The third-order valence-corrected chi connectivity index (χ3v) is 2.21. The van der Waals surface area contributed by atoms with E-state index in [1.165, 1.54) is 0 Å². The van der Waals surface area contributed by atoms with Crippen LogP contribution in [0.4, 0.5) is 0 Å². The first-order valence-corrected chi connectivity index (χ1v) is 4.39. The molecule has 0 aliphatic heterocycles. The summed E-state index contributed by atoms with van der Waals surface area (Å²) in [5.41, 5.74) is 0.553. The monoisotopic (exact) mass is 194 g/mol. The lowest BCUT2D eigenvalue weighted by molar-refractivity contribution is -0.112. The van der Waals surface area contributed by atoms with E-state index >= 15 is 0 Å². The Morgan fingerprint density at radius 3 is 2.23 bits per heavy atom. The van der Waals surface area contributed by atoms with E-state index in [-0.39, 0.29) is 5.78 Å². The zero-order valence-electron chi connectivity index (χ0n) is 7.23. The summed E-state index contributed by atoms with van der Waals surface area (Å²) in [5.74, 6) is -0.841. The summed E-state index contributed by atoms with van der Waals surface area (Å²) >= 11 is 3.62. The van der Waals surface area contributed by atoms with Crippen molar-refractivity contribution in [2.45, 2.75) is 6.92 Å². The molecule has 1 rings (SSSR count). The Kier molecular flexibility index (Phi) is 3.25. The fourth-order valence-corrected chi connectivity index (χ4v) is 1.08. The smallest absolute Gasteiger partial charge is 0.196 e. The second-order valence-corrected chi connectivity index (χ2v) is 3.23. The normalized spacial score (nSPS) is 12.2. The minimum atomic E-state index is -0.661. The maximum Gasteiger partial charge on any atom is 0.196 e. The molecule has 0 bridgehead atoms. The average Bonchev–Trinajstić information content (AvgIpc) is 2.17. The van der Waals surface area contributed by atoms with Crippen LogP contribution >= 0.6 is 12.6 Å². The van der Waals surface area contributed by atoms with Crippen molar-refractivity contribution in [1.82, 2.24) is 0 Å². The minimum Gasteiger partial charge on any atom is -0.293 e. The Balaban J connectivity index is 2.86. The molecule has 1 aromatic rings. The highest BCUT2D eigenvalue weighted by atomic mass is 32.1.